The highest BCUT2D eigenvalue weighted by Gasteiger charge is 2.15. The summed E-state index contributed by atoms with van der Waals surface area (Å²) in [6.45, 7) is 1.90. The van der Waals surface area contributed by atoms with E-state index in [0.29, 0.717) is 17.0 Å². The van der Waals surface area contributed by atoms with Crippen LogP contribution in [0.4, 0.5) is 5.69 Å². The highest BCUT2D eigenvalue weighted by atomic mass is 32.2. The van der Waals surface area contributed by atoms with Gasteiger partial charge in [0, 0.05) is 11.4 Å². The summed E-state index contributed by atoms with van der Waals surface area (Å²) < 4.78 is 5.63. The number of methoxy groups -OCH3 is 1. The minimum Gasteiger partial charge on any atom is -0.465 e. The second-order valence-corrected chi connectivity index (χ2v) is 6.15. The van der Waals surface area contributed by atoms with E-state index in [9.17, 15) is 4.79 Å². The van der Waals surface area contributed by atoms with Crippen LogP contribution < -0.4 is 5.73 Å². The first-order valence-corrected chi connectivity index (χ1v) is 7.30. The van der Waals surface area contributed by atoms with Gasteiger partial charge < -0.3 is 10.5 Å². The summed E-state index contributed by atoms with van der Waals surface area (Å²) in [6.07, 6.45) is 0. The Morgan fingerprint density at radius 1 is 1.47 bits per heavy atom. The lowest BCUT2D eigenvalue weighted by molar-refractivity contribution is 0.0601. The van der Waals surface area contributed by atoms with Gasteiger partial charge in [-0.3, -0.25) is 0 Å². The Hall–Kier alpha value is -1.60. The number of anilines is 1. The number of ether oxygens (including phenoxy) is 1. The van der Waals surface area contributed by atoms with Crippen LogP contribution in [0.25, 0.3) is 0 Å². The third kappa shape index (κ3) is 3.24. The predicted octanol–water partition coefficient (Wildman–Crippen LogP) is 2.51. The van der Waals surface area contributed by atoms with Gasteiger partial charge in [-0.05, 0) is 18.6 Å². The van der Waals surface area contributed by atoms with Crippen molar-refractivity contribution in [3.05, 3.63) is 34.3 Å². The molecule has 0 saturated heterocycles. The molecule has 0 atom stereocenters. The number of benzene rings is 1. The number of rotatable bonds is 4. The van der Waals surface area contributed by atoms with Crippen molar-refractivity contribution in [3.63, 3.8) is 0 Å². The molecule has 0 aliphatic carbocycles. The van der Waals surface area contributed by atoms with Crippen LogP contribution in [0.5, 0.6) is 0 Å². The first kappa shape index (κ1) is 13.8. The highest BCUT2D eigenvalue weighted by Crippen LogP contribution is 2.28. The van der Waals surface area contributed by atoms with Crippen LogP contribution in [-0.2, 0) is 10.5 Å². The van der Waals surface area contributed by atoms with Crippen molar-refractivity contribution in [1.82, 2.24) is 10.2 Å². The third-order valence-corrected chi connectivity index (χ3v) is 4.45. The van der Waals surface area contributed by atoms with Crippen molar-refractivity contribution >= 4 is 34.8 Å². The number of hydrogen-bond acceptors (Lipinski definition) is 7. The normalized spacial score (nSPS) is 10.4. The maximum Gasteiger partial charge on any atom is 0.340 e. The van der Waals surface area contributed by atoms with E-state index in [0.717, 1.165) is 14.9 Å². The molecule has 7 heteroatoms. The Morgan fingerprint density at radius 3 is 2.89 bits per heavy atom. The van der Waals surface area contributed by atoms with Gasteiger partial charge in [0.15, 0.2) is 4.34 Å². The van der Waals surface area contributed by atoms with Crippen molar-refractivity contribution in [1.29, 1.82) is 0 Å². The summed E-state index contributed by atoms with van der Waals surface area (Å²) in [5, 5.41) is 8.90. The number of thioether (sulfide) groups is 1. The van der Waals surface area contributed by atoms with Gasteiger partial charge in [-0.15, -0.1) is 10.2 Å². The van der Waals surface area contributed by atoms with Gasteiger partial charge in [0.05, 0.1) is 12.7 Å². The summed E-state index contributed by atoms with van der Waals surface area (Å²) in [5.74, 6) is 0.187. The fraction of sp³-hybridized carbons (Fsp3) is 0.250. The zero-order valence-electron chi connectivity index (χ0n) is 10.5. The molecule has 0 unspecified atom stereocenters. The molecular weight excluding hydrogens is 282 g/mol. The molecule has 5 nitrogen and oxygen atoms in total. The summed E-state index contributed by atoms with van der Waals surface area (Å²) in [4.78, 5) is 11.7. The lowest BCUT2D eigenvalue weighted by atomic mass is 10.1. The molecule has 0 aliphatic heterocycles. The zero-order valence-corrected chi connectivity index (χ0v) is 12.2. The first-order chi connectivity index (χ1) is 9.11. The van der Waals surface area contributed by atoms with Gasteiger partial charge >= 0.3 is 5.97 Å². The molecule has 2 N–H and O–H groups in total. The molecule has 2 aromatic rings. The molecule has 0 radical (unpaired) electrons. The number of nitrogens with two attached hydrogens (primary N) is 1. The number of nitrogens with zero attached hydrogens (tertiary/aromatic N) is 2. The standard InChI is InChI=1S/C12H13N3O2S2/c1-7-14-15-12(19-7)18-6-8-4-3-5-9(13)10(8)11(16)17-2/h3-5H,6,13H2,1-2H3. The molecule has 19 heavy (non-hydrogen) atoms. The van der Waals surface area contributed by atoms with Crippen LogP contribution in [-0.4, -0.2) is 23.3 Å². The number of nitrogen functional groups attached to an aromatic ring is 1. The molecule has 0 saturated carbocycles. The Balaban J connectivity index is 2.20. The average molecular weight is 295 g/mol. The number of carbonyl (C=O) groups excluding carboxylic acids is 1. The van der Waals surface area contributed by atoms with Crippen molar-refractivity contribution in [2.45, 2.75) is 17.0 Å². The summed E-state index contributed by atoms with van der Waals surface area (Å²) in [7, 11) is 1.35. The van der Waals surface area contributed by atoms with E-state index in [2.05, 4.69) is 10.2 Å². The maximum atomic E-state index is 11.7. The quantitative estimate of drug-likeness (QED) is 0.530. The lowest BCUT2D eigenvalue weighted by Gasteiger charge is -2.09. The van der Waals surface area contributed by atoms with E-state index in [-0.39, 0.29) is 0 Å². The molecule has 2 rings (SSSR count). The minimum atomic E-state index is -0.415. The van der Waals surface area contributed by atoms with Gasteiger partial charge in [0.2, 0.25) is 0 Å². The smallest absolute Gasteiger partial charge is 0.340 e. The SMILES string of the molecule is COC(=O)c1c(N)cccc1CSc1nnc(C)s1. The van der Waals surface area contributed by atoms with Crippen molar-refractivity contribution < 1.29 is 9.53 Å². The van der Waals surface area contributed by atoms with E-state index < -0.39 is 5.97 Å². The molecule has 1 aromatic heterocycles. The van der Waals surface area contributed by atoms with Gasteiger partial charge in [-0.2, -0.15) is 0 Å². The Labute approximate surface area is 119 Å². The van der Waals surface area contributed by atoms with Crippen LogP contribution in [0.1, 0.15) is 20.9 Å². The minimum absolute atomic E-state index is 0.415. The van der Waals surface area contributed by atoms with Crippen LogP contribution >= 0.6 is 23.1 Å². The number of aromatic nitrogens is 2. The maximum absolute atomic E-state index is 11.7. The van der Waals surface area contributed by atoms with Crippen LogP contribution in [0.2, 0.25) is 0 Å². The van der Waals surface area contributed by atoms with E-state index in [1.54, 1.807) is 6.07 Å². The van der Waals surface area contributed by atoms with E-state index >= 15 is 0 Å². The van der Waals surface area contributed by atoms with Crippen LogP contribution in [0, 0.1) is 6.92 Å². The van der Waals surface area contributed by atoms with Gasteiger partial charge in [-0.1, -0.05) is 35.2 Å². The van der Waals surface area contributed by atoms with Crippen LogP contribution in [0.15, 0.2) is 22.5 Å². The molecule has 0 bridgehead atoms. The van der Waals surface area contributed by atoms with E-state index in [1.165, 1.54) is 30.2 Å². The van der Waals surface area contributed by atoms with Crippen molar-refractivity contribution in [2.75, 3.05) is 12.8 Å². The fourth-order valence-corrected chi connectivity index (χ4v) is 3.38. The fourth-order valence-electron chi connectivity index (χ4n) is 1.57. The molecular formula is C12H13N3O2S2. The molecule has 100 valence electrons. The Bertz CT molecular complexity index is 598. The Kier molecular flexibility index (Phi) is 4.39. The zero-order chi connectivity index (χ0) is 13.8. The van der Waals surface area contributed by atoms with Gasteiger partial charge in [-0.25, -0.2) is 4.79 Å². The number of carbonyl (C=O) groups is 1. The number of esters is 1. The topological polar surface area (TPSA) is 78.1 Å². The van der Waals surface area contributed by atoms with Crippen molar-refractivity contribution in [3.8, 4) is 0 Å². The third-order valence-electron chi connectivity index (χ3n) is 2.43. The predicted molar refractivity (Wildman–Crippen MR) is 76.4 cm³/mol. The molecule has 0 fully saturated rings. The van der Waals surface area contributed by atoms with E-state index in [1.807, 2.05) is 19.1 Å². The average Bonchev–Trinajstić information content (AvgIpc) is 2.81. The van der Waals surface area contributed by atoms with E-state index in [4.69, 9.17) is 10.5 Å². The number of hydrogen-bond donors (Lipinski definition) is 1. The first-order valence-electron chi connectivity index (χ1n) is 5.50. The molecule has 1 heterocycles. The van der Waals surface area contributed by atoms with Crippen LogP contribution in [0.3, 0.4) is 0 Å². The van der Waals surface area contributed by atoms with Gasteiger partial charge in [0.1, 0.15) is 5.01 Å². The lowest BCUT2D eigenvalue weighted by Crippen LogP contribution is -2.09. The summed E-state index contributed by atoms with van der Waals surface area (Å²) in [6, 6.07) is 5.38. The largest absolute Gasteiger partial charge is 0.465 e. The summed E-state index contributed by atoms with van der Waals surface area (Å²) in [5.41, 5.74) is 7.53. The summed E-state index contributed by atoms with van der Waals surface area (Å²) >= 11 is 3.05. The molecule has 0 aliphatic rings. The second kappa shape index (κ2) is 6.03. The highest BCUT2D eigenvalue weighted by molar-refractivity contribution is 8.00. The monoisotopic (exact) mass is 295 g/mol. The van der Waals surface area contributed by atoms with Gasteiger partial charge in [0.25, 0.3) is 0 Å². The number of aryl methyl sites for hydroxylation is 1. The molecule has 1 aromatic carbocycles. The van der Waals surface area contributed by atoms with Crippen molar-refractivity contribution in [2.24, 2.45) is 0 Å². The molecule has 0 spiro atoms. The Morgan fingerprint density at radius 2 is 2.26 bits per heavy atom. The molecule has 0 amide bonds. The second-order valence-electron chi connectivity index (χ2n) is 3.75.